The molecule has 0 spiro atoms. The molecule has 2 rings (SSSR count). The number of benzene rings is 1. The van der Waals surface area contributed by atoms with E-state index in [-0.39, 0.29) is 5.78 Å². The molecule has 1 N–H and O–H groups in total. The summed E-state index contributed by atoms with van der Waals surface area (Å²) in [6.07, 6.45) is 2.07. The summed E-state index contributed by atoms with van der Waals surface area (Å²) in [4.78, 5) is 13.3. The summed E-state index contributed by atoms with van der Waals surface area (Å²) < 4.78 is 0. The second-order valence-electron chi connectivity index (χ2n) is 5.02. The van der Waals surface area contributed by atoms with Crippen LogP contribution in [0.3, 0.4) is 0 Å². The number of aliphatic hydroxyl groups is 1. The highest BCUT2D eigenvalue weighted by molar-refractivity contribution is 5.79. The molecule has 0 bridgehead atoms. The van der Waals surface area contributed by atoms with Gasteiger partial charge in [0, 0.05) is 32.6 Å². The SMILES string of the molecule is CN(C)c1cccc(C2(O)CCC(=O)CC2)c1. The quantitative estimate of drug-likeness (QED) is 0.850. The molecular weight excluding hydrogens is 214 g/mol. The standard InChI is InChI=1S/C14H19NO2/c1-15(2)12-5-3-4-11(10-12)14(17)8-6-13(16)7-9-14/h3-5,10,17H,6-9H2,1-2H3. The van der Waals surface area contributed by atoms with Crippen molar-refractivity contribution in [2.45, 2.75) is 31.3 Å². The molecule has 0 heterocycles. The first-order valence-electron chi connectivity index (χ1n) is 6.03. The summed E-state index contributed by atoms with van der Waals surface area (Å²) in [5.41, 5.74) is 1.18. The maximum atomic E-state index is 11.2. The van der Waals surface area contributed by atoms with Crippen LogP contribution in [0.15, 0.2) is 24.3 Å². The maximum Gasteiger partial charge on any atom is 0.133 e. The van der Waals surface area contributed by atoms with E-state index in [2.05, 4.69) is 0 Å². The molecule has 0 amide bonds. The summed E-state index contributed by atoms with van der Waals surface area (Å²) in [6.45, 7) is 0. The van der Waals surface area contributed by atoms with Crippen molar-refractivity contribution in [1.82, 2.24) is 0 Å². The van der Waals surface area contributed by atoms with Crippen molar-refractivity contribution in [3.8, 4) is 0 Å². The van der Waals surface area contributed by atoms with E-state index >= 15 is 0 Å². The molecule has 1 aromatic rings. The fourth-order valence-corrected chi connectivity index (χ4v) is 2.30. The molecule has 1 aliphatic rings. The van der Waals surface area contributed by atoms with Crippen LogP contribution in [0, 0.1) is 0 Å². The van der Waals surface area contributed by atoms with Crippen LogP contribution < -0.4 is 4.90 Å². The van der Waals surface area contributed by atoms with E-state index in [1.54, 1.807) is 0 Å². The highest BCUT2D eigenvalue weighted by Gasteiger charge is 2.34. The zero-order chi connectivity index (χ0) is 12.5. The summed E-state index contributed by atoms with van der Waals surface area (Å²) in [5, 5.41) is 10.6. The summed E-state index contributed by atoms with van der Waals surface area (Å²) in [6, 6.07) is 7.93. The number of ketones is 1. The molecule has 0 aromatic heterocycles. The normalized spacial score (nSPS) is 19.1. The Morgan fingerprint density at radius 3 is 2.47 bits per heavy atom. The molecule has 17 heavy (non-hydrogen) atoms. The molecule has 1 aliphatic carbocycles. The topological polar surface area (TPSA) is 40.5 Å². The van der Waals surface area contributed by atoms with Crippen molar-refractivity contribution in [1.29, 1.82) is 0 Å². The minimum absolute atomic E-state index is 0.262. The number of rotatable bonds is 2. The molecule has 0 saturated heterocycles. The Bertz CT molecular complexity index is 416. The monoisotopic (exact) mass is 233 g/mol. The Kier molecular flexibility index (Phi) is 3.20. The van der Waals surface area contributed by atoms with Crippen LogP contribution in [-0.4, -0.2) is 25.0 Å². The third-order valence-corrected chi connectivity index (χ3v) is 3.53. The lowest BCUT2D eigenvalue weighted by Crippen LogP contribution is -2.31. The van der Waals surface area contributed by atoms with Crippen molar-refractivity contribution < 1.29 is 9.90 Å². The number of hydrogen-bond donors (Lipinski definition) is 1. The molecular formula is C14H19NO2. The van der Waals surface area contributed by atoms with Crippen LogP contribution >= 0.6 is 0 Å². The van der Waals surface area contributed by atoms with Gasteiger partial charge < -0.3 is 10.0 Å². The second kappa shape index (κ2) is 4.49. The molecule has 3 heteroatoms. The Balaban J connectivity index is 2.27. The summed E-state index contributed by atoms with van der Waals surface area (Å²) in [5.74, 6) is 0.262. The highest BCUT2D eigenvalue weighted by atomic mass is 16.3. The average Bonchev–Trinajstić information content (AvgIpc) is 2.33. The molecule has 0 radical (unpaired) electrons. The van der Waals surface area contributed by atoms with E-state index in [1.807, 2.05) is 43.3 Å². The van der Waals surface area contributed by atoms with Gasteiger partial charge in [-0.2, -0.15) is 0 Å². The highest BCUT2D eigenvalue weighted by Crippen LogP contribution is 2.36. The van der Waals surface area contributed by atoms with E-state index in [0.717, 1.165) is 11.3 Å². The lowest BCUT2D eigenvalue weighted by atomic mass is 9.79. The predicted molar refractivity (Wildman–Crippen MR) is 68.1 cm³/mol. The fourth-order valence-electron chi connectivity index (χ4n) is 2.30. The Morgan fingerprint density at radius 1 is 1.24 bits per heavy atom. The van der Waals surface area contributed by atoms with Crippen LogP contribution in [0.25, 0.3) is 0 Å². The zero-order valence-corrected chi connectivity index (χ0v) is 10.4. The molecule has 1 fully saturated rings. The third kappa shape index (κ3) is 2.50. The van der Waals surface area contributed by atoms with Gasteiger partial charge in [0.05, 0.1) is 5.60 Å². The van der Waals surface area contributed by atoms with Crippen LogP contribution in [0.4, 0.5) is 5.69 Å². The lowest BCUT2D eigenvalue weighted by molar-refractivity contribution is -0.125. The van der Waals surface area contributed by atoms with E-state index in [0.29, 0.717) is 25.7 Å². The number of carbonyl (C=O) groups excluding carboxylic acids is 1. The molecule has 3 nitrogen and oxygen atoms in total. The number of Topliss-reactive ketones (excluding diaryl/α,β-unsaturated/α-hetero) is 1. The van der Waals surface area contributed by atoms with Gasteiger partial charge in [-0.05, 0) is 30.5 Å². The van der Waals surface area contributed by atoms with Gasteiger partial charge in [-0.1, -0.05) is 12.1 Å². The lowest BCUT2D eigenvalue weighted by Gasteiger charge is -2.32. The van der Waals surface area contributed by atoms with Crippen molar-refractivity contribution in [2.24, 2.45) is 0 Å². The van der Waals surface area contributed by atoms with Crippen molar-refractivity contribution in [2.75, 3.05) is 19.0 Å². The van der Waals surface area contributed by atoms with Gasteiger partial charge in [-0.3, -0.25) is 4.79 Å². The fraction of sp³-hybridized carbons (Fsp3) is 0.500. The van der Waals surface area contributed by atoms with Gasteiger partial charge >= 0.3 is 0 Å². The Labute approximate surface area is 102 Å². The van der Waals surface area contributed by atoms with E-state index in [4.69, 9.17) is 0 Å². The van der Waals surface area contributed by atoms with Crippen LogP contribution in [0.2, 0.25) is 0 Å². The maximum absolute atomic E-state index is 11.2. The van der Waals surface area contributed by atoms with E-state index in [1.165, 1.54) is 0 Å². The first kappa shape index (κ1) is 12.1. The molecule has 92 valence electrons. The molecule has 1 saturated carbocycles. The third-order valence-electron chi connectivity index (χ3n) is 3.53. The van der Waals surface area contributed by atoms with Crippen LogP contribution in [0.1, 0.15) is 31.2 Å². The average molecular weight is 233 g/mol. The van der Waals surface area contributed by atoms with Gasteiger partial charge in [0.1, 0.15) is 5.78 Å². The van der Waals surface area contributed by atoms with Crippen LogP contribution in [-0.2, 0) is 10.4 Å². The van der Waals surface area contributed by atoms with E-state index in [9.17, 15) is 9.90 Å². The zero-order valence-electron chi connectivity index (χ0n) is 10.4. The Morgan fingerprint density at radius 2 is 1.88 bits per heavy atom. The largest absolute Gasteiger partial charge is 0.385 e. The number of nitrogens with zero attached hydrogens (tertiary/aromatic N) is 1. The number of carbonyl (C=O) groups is 1. The van der Waals surface area contributed by atoms with Crippen LogP contribution in [0.5, 0.6) is 0 Å². The second-order valence-corrected chi connectivity index (χ2v) is 5.02. The molecule has 0 aliphatic heterocycles. The van der Waals surface area contributed by atoms with Crippen molar-refractivity contribution in [3.05, 3.63) is 29.8 Å². The smallest absolute Gasteiger partial charge is 0.133 e. The molecule has 0 unspecified atom stereocenters. The predicted octanol–water partition coefficient (Wildman–Crippen LogP) is 2.08. The number of hydrogen-bond acceptors (Lipinski definition) is 3. The minimum atomic E-state index is -0.820. The van der Waals surface area contributed by atoms with Gasteiger partial charge in [0.15, 0.2) is 0 Å². The number of anilines is 1. The van der Waals surface area contributed by atoms with Gasteiger partial charge in [0.2, 0.25) is 0 Å². The van der Waals surface area contributed by atoms with Gasteiger partial charge in [-0.15, -0.1) is 0 Å². The molecule has 1 aromatic carbocycles. The summed E-state index contributed by atoms with van der Waals surface area (Å²) >= 11 is 0. The summed E-state index contributed by atoms with van der Waals surface area (Å²) in [7, 11) is 3.96. The first-order valence-corrected chi connectivity index (χ1v) is 6.03. The minimum Gasteiger partial charge on any atom is -0.385 e. The van der Waals surface area contributed by atoms with Gasteiger partial charge in [0.25, 0.3) is 0 Å². The Hall–Kier alpha value is -1.35. The van der Waals surface area contributed by atoms with Crippen molar-refractivity contribution in [3.63, 3.8) is 0 Å². The van der Waals surface area contributed by atoms with Crippen molar-refractivity contribution >= 4 is 11.5 Å². The molecule has 0 atom stereocenters. The van der Waals surface area contributed by atoms with Gasteiger partial charge in [-0.25, -0.2) is 0 Å². The first-order chi connectivity index (χ1) is 8.01. The van der Waals surface area contributed by atoms with E-state index < -0.39 is 5.60 Å².